The molecule has 1 rings (SSSR count). The standard InChI is InChI=1S/C9H15NO/c1-8-4-3-5-9(2,6-8)10-7-11/h8H,3-6H2,1-2H3. The first-order valence-corrected chi connectivity index (χ1v) is 4.25. The van der Waals surface area contributed by atoms with Crippen LogP contribution in [0.25, 0.3) is 0 Å². The molecular weight excluding hydrogens is 138 g/mol. The van der Waals surface area contributed by atoms with E-state index >= 15 is 0 Å². The van der Waals surface area contributed by atoms with Gasteiger partial charge >= 0.3 is 0 Å². The number of hydrogen-bond donors (Lipinski definition) is 0. The summed E-state index contributed by atoms with van der Waals surface area (Å²) in [6.45, 7) is 4.27. The smallest absolute Gasteiger partial charge is 0.211 e. The second-order valence-electron chi connectivity index (χ2n) is 3.90. The minimum absolute atomic E-state index is 0.0978. The number of rotatable bonds is 1. The Morgan fingerprint density at radius 3 is 2.91 bits per heavy atom. The zero-order valence-corrected chi connectivity index (χ0v) is 7.26. The number of aliphatic imine (C=N–C) groups is 1. The zero-order valence-electron chi connectivity index (χ0n) is 7.26. The molecule has 1 fully saturated rings. The average Bonchev–Trinajstić information content (AvgIpc) is 1.86. The molecule has 2 unspecified atom stereocenters. The molecule has 0 aromatic rings. The van der Waals surface area contributed by atoms with Crippen LogP contribution in [0.15, 0.2) is 4.99 Å². The lowest BCUT2D eigenvalue weighted by atomic mass is 9.78. The van der Waals surface area contributed by atoms with Crippen molar-refractivity contribution in [3.8, 4) is 0 Å². The minimum atomic E-state index is -0.0978. The maximum atomic E-state index is 10.1. The Kier molecular flexibility index (Phi) is 2.45. The number of nitrogens with zero attached hydrogens (tertiary/aromatic N) is 1. The molecule has 0 saturated heterocycles. The highest BCUT2D eigenvalue weighted by atomic mass is 16.1. The van der Waals surface area contributed by atoms with Gasteiger partial charge in [-0.1, -0.05) is 19.8 Å². The first-order chi connectivity index (χ1) is 5.16. The Bertz CT molecular complexity index is 184. The van der Waals surface area contributed by atoms with E-state index in [1.54, 1.807) is 6.08 Å². The number of hydrogen-bond acceptors (Lipinski definition) is 2. The molecule has 0 radical (unpaired) electrons. The van der Waals surface area contributed by atoms with E-state index in [1.807, 2.05) is 6.92 Å². The quantitative estimate of drug-likeness (QED) is 0.420. The molecule has 0 heterocycles. The predicted molar refractivity (Wildman–Crippen MR) is 44.2 cm³/mol. The highest BCUT2D eigenvalue weighted by molar-refractivity contribution is 5.34. The van der Waals surface area contributed by atoms with E-state index in [2.05, 4.69) is 11.9 Å². The lowest BCUT2D eigenvalue weighted by Crippen LogP contribution is -2.28. The fourth-order valence-corrected chi connectivity index (χ4v) is 2.00. The van der Waals surface area contributed by atoms with Crippen LogP contribution in [0.4, 0.5) is 0 Å². The Morgan fingerprint density at radius 1 is 1.64 bits per heavy atom. The minimum Gasteiger partial charge on any atom is -0.211 e. The Labute approximate surface area is 67.7 Å². The molecule has 0 bridgehead atoms. The van der Waals surface area contributed by atoms with Gasteiger partial charge < -0.3 is 0 Å². The van der Waals surface area contributed by atoms with Crippen LogP contribution in [0, 0.1) is 5.92 Å². The molecule has 0 N–H and O–H groups in total. The van der Waals surface area contributed by atoms with Crippen molar-refractivity contribution < 1.29 is 4.79 Å². The van der Waals surface area contributed by atoms with Crippen molar-refractivity contribution in [1.82, 2.24) is 0 Å². The largest absolute Gasteiger partial charge is 0.235 e. The molecule has 2 nitrogen and oxygen atoms in total. The summed E-state index contributed by atoms with van der Waals surface area (Å²) in [5.41, 5.74) is -0.0978. The van der Waals surface area contributed by atoms with E-state index in [0.29, 0.717) is 5.92 Å². The van der Waals surface area contributed by atoms with Gasteiger partial charge in [-0.15, -0.1) is 0 Å². The highest BCUT2D eigenvalue weighted by Crippen LogP contribution is 2.34. The fraction of sp³-hybridized carbons (Fsp3) is 0.889. The van der Waals surface area contributed by atoms with Gasteiger partial charge in [0.1, 0.15) is 0 Å². The summed E-state index contributed by atoms with van der Waals surface area (Å²) in [4.78, 5) is 14.0. The van der Waals surface area contributed by atoms with Gasteiger partial charge in [0, 0.05) is 0 Å². The van der Waals surface area contributed by atoms with E-state index in [0.717, 1.165) is 12.8 Å². The van der Waals surface area contributed by atoms with Crippen molar-refractivity contribution >= 4 is 6.08 Å². The van der Waals surface area contributed by atoms with Crippen LogP contribution < -0.4 is 0 Å². The van der Waals surface area contributed by atoms with Gasteiger partial charge in [0.05, 0.1) is 5.54 Å². The summed E-state index contributed by atoms with van der Waals surface area (Å²) in [5.74, 6) is 0.714. The maximum Gasteiger partial charge on any atom is 0.235 e. The van der Waals surface area contributed by atoms with E-state index in [-0.39, 0.29) is 5.54 Å². The van der Waals surface area contributed by atoms with Gasteiger partial charge in [0.25, 0.3) is 0 Å². The summed E-state index contributed by atoms with van der Waals surface area (Å²) >= 11 is 0. The monoisotopic (exact) mass is 153 g/mol. The van der Waals surface area contributed by atoms with Crippen molar-refractivity contribution in [2.45, 2.75) is 45.1 Å². The molecule has 62 valence electrons. The molecule has 0 amide bonds. The molecule has 0 spiro atoms. The van der Waals surface area contributed by atoms with E-state index in [1.165, 1.54) is 12.8 Å². The van der Waals surface area contributed by atoms with Crippen molar-refractivity contribution in [2.75, 3.05) is 0 Å². The molecule has 0 aliphatic heterocycles. The third-order valence-corrected chi connectivity index (χ3v) is 2.52. The van der Waals surface area contributed by atoms with Gasteiger partial charge in [-0.25, -0.2) is 4.79 Å². The molecule has 1 aliphatic rings. The molecule has 0 aromatic heterocycles. The second-order valence-corrected chi connectivity index (χ2v) is 3.90. The Hall–Kier alpha value is -0.620. The van der Waals surface area contributed by atoms with E-state index < -0.39 is 0 Å². The lowest BCUT2D eigenvalue weighted by molar-refractivity contribution is 0.258. The SMILES string of the molecule is CC1CCCC(C)(N=C=O)C1. The van der Waals surface area contributed by atoms with Crippen molar-refractivity contribution in [1.29, 1.82) is 0 Å². The molecule has 1 saturated carbocycles. The van der Waals surface area contributed by atoms with E-state index in [4.69, 9.17) is 0 Å². The fourth-order valence-electron chi connectivity index (χ4n) is 2.00. The van der Waals surface area contributed by atoms with Crippen molar-refractivity contribution in [2.24, 2.45) is 10.9 Å². The highest BCUT2D eigenvalue weighted by Gasteiger charge is 2.29. The molecular formula is C9H15NO. The van der Waals surface area contributed by atoms with Crippen LogP contribution in [0.1, 0.15) is 39.5 Å². The normalized spacial score (nSPS) is 37.8. The summed E-state index contributed by atoms with van der Waals surface area (Å²) in [6.07, 6.45) is 6.24. The topological polar surface area (TPSA) is 29.4 Å². The van der Waals surface area contributed by atoms with Crippen LogP contribution in [0.2, 0.25) is 0 Å². The molecule has 2 atom stereocenters. The third-order valence-electron chi connectivity index (χ3n) is 2.52. The van der Waals surface area contributed by atoms with Gasteiger partial charge in [-0.2, -0.15) is 4.99 Å². The van der Waals surface area contributed by atoms with E-state index in [9.17, 15) is 4.79 Å². The number of carbonyl (C=O) groups excluding carboxylic acids is 1. The van der Waals surface area contributed by atoms with Gasteiger partial charge in [-0.05, 0) is 25.7 Å². The van der Waals surface area contributed by atoms with Crippen LogP contribution >= 0.6 is 0 Å². The summed E-state index contributed by atoms with van der Waals surface area (Å²) in [6, 6.07) is 0. The predicted octanol–water partition coefficient (Wildman–Crippen LogP) is 2.29. The Morgan fingerprint density at radius 2 is 2.36 bits per heavy atom. The summed E-state index contributed by atoms with van der Waals surface area (Å²) in [7, 11) is 0. The Balaban J connectivity index is 2.62. The molecule has 0 aromatic carbocycles. The first-order valence-electron chi connectivity index (χ1n) is 4.25. The van der Waals surface area contributed by atoms with Crippen LogP contribution in [-0.4, -0.2) is 11.6 Å². The maximum absolute atomic E-state index is 10.1. The average molecular weight is 153 g/mol. The third kappa shape index (κ3) is 2.16. The molecule has 2 heteroatoms. The van der Waals surface area contributed by atoms with Crippen LogP contribution in [-0.2, 0) is 4.79 Å². The summed E-state index contributed by atoms with van der Waals surface area (Å²) in [5, 5.41) is 0. The van der Waals surface area contributed by atoms with Crippen LogP contribution in [0.5, 0.6) is 0 Å². The number of isocyanates is 1. The first kappa shape index (κ1) is 8.48. The summed E-state index contributed by atoms with van der Waals surface area (Å²) < 4.78 is 0. The zero-order chi connectivity index (χ0) is 8.32. The lowest BCUT2D eigenvalue weighted by Gasteiger charge is -2.31. The second kappa shape index (κ2) is 3.19. The molecule has 1 aliphatic carbocycles. The van der Waals surface area contributed by atoms with Gasteiger partial charge in [0.2, 0.25) is 6.08 Å². The molecule has 11 heavy (non-hydrogen) atoms. The van der Waals surface area contributed by atoms with Crippen LogP contribution in [0.3, 0.4) is 0 Å². The van der Waals surface area contributed by atoms with Gasteiger partial charge in [-0.3, -0.25) is 0 Å². The van der Waals surface area contributed by atoms with Gasteiger partial charge in [0.15, 0.2) is 0 Å². The van der Waals surface area contributed by atoms with Crippen molar-refractivity contribution in [3.63, 3.8) is 0 Å². The van der Waals surface area contributed by atoms with Crippen molar-refractivity contribution in [3.05, 3.63) is 0 Å².